The number of hydrogen-bond donors (Lipinski definition) is 2. The molecule has 0 aliphatic carbocycles. The minimum Gasteiger partial charge on any atom is -0.459 e. The number of fused-ring (bicyclic) bond motifs is 1. The van der Waals surface area contributed by atoms with Gasteiger partial charge in [0, 0.05) is 29.9 Å². The van der Waals surface area contributed by atoms with Gasteiger partial charge in [-0.25, -0.2) is 0 Å². The van der Waals surface area contributed by atoms with Crippen molar-refractivity contribution in [2.75, 3.05) is 24.7 Å². The molecule has 21 heavy (non-hydrogen) atoms. The number of aryl methyl sites for hydroxylation is 1. The lowest BCUT2D eigenvalue weighted by molar-refractivity contribution is 0.296. The first-order valence-electron chi connectivity index (χ1n) is 7.70. The second-order valence-electron chi connectivity index (χ2n) is 5.16. The molecule has 1 heterocycles. The summed E-state index contributed by atoms with van der Waals surface area (Å²) in [5, 5.41) is 13.5. The largest absolute Gasteiger partial charge is 0.459 e. The molecule has 0 saturated carbocycles. The second-order valence-corrected chi connectivity index (χ2v) is 6.38. The third kappa shape index (κ3) is 4.25. The quantitative estimate of drug-likeness (QED) is 0.692. The summed E-state index contributed by atoms with van der Waals surface area (Å²) in [4.78, 5) is 0. The molecule has 0 radical (unpaired) electrons. The molecule has 3 nitrogen and oxygen atoms in total. The van der Waals surface area contributed by atoms with Gasteiger partial charge < -0.3 is 14.8 Å². The van der Waals surface area contributed by atoms with Gasteiger partial charge in [0.15, 0.2) is 0 Å². The van der Waals surface area contributed by atoms with Crippen molar-refractivity contribution in [3.05, 3.63) is 35.6 Å². The molecule has 0 fully saturated rings. The van der Waals surface area contributed by atoms with Crippen LogP contribution in [0, 0.1) is 0 Å². The zero-order valence-corrected chi connectivity index (χ0v) is 13.7. The van der Waals surface area contributed by atoms with Gasteiger partial charge in [0.1, 0.15) is 11.3 Å². The zero-order valence-electron chi connectivity index (χ0n) is 12.9. The van der Waals surface area contributed by atoms with Crippen molar-refractivity contribution in [1.82, 2.24) is 5.32 Å². The number of para-hydroxylation sites is 1. The molecule has 1 unspecified atom stereocenters. The van der Waals surface area contributed by atoms with Gasteiger partial charge in [0.05, 0.1) is 6.04 Å². The van der Waals surface area contributed by atoms with Gasteiger partial charge in [0.2, 0.25) is 0 Å². The number of aliphatic hydroxyl groups excluding tert-OH is 1. The smallest absolute Gasteiger partial charge is 0.134 e. The molecule has 0 bridgehead atoms. The second kappa shape index (κ2) is 8.47. The van der Waals surface area contributed by atoms with Crippen molar-refractivity contribution in [3.8, 4) is 0 Å². The molecule has 1 aromatic carbocycles. The topological polar surface area (TPSA) is 45.4 Å². The Labute approximate surface area is 131 Å². The van der Waals surface area contributed by atoms with Crippen LogP contribution in [-0.2, 0) is 6.42 Å². The van der Waals surface area contributed by atoms with Crippen molar-refractivity contribution in [1.29, 1.82) is 0 Å². The van der Waals surface area contributed by atoms with Crippen molar-refractivity contribution >= 4 is 22.7 Å². The lowest BCUT2D eigenvalue weighted by Gasteiger charge is -2.13. The highest BCUT2D eigenvalue weighted by Crippen LogP contribution is 2.30. The monoisotopic (exact) mass is 307 g/mol. The van der Waals surface area contributed by atoms with Gasteiger partial charge >= 0.3 is 0 Å². The van der Waals surface area contributed by atoms with Crippen LogP contribution in [0.1, 0.15) is 37.6 Å². The molecule has 116 valence electrons. The summed E-state index contributed by atoms with van der Waals surface area (Å²) in [5.74, 6) is 3.16. The van der Waals surface area contributed by atoms with E-state index in [1.54, 1.807) is 0 Å². The highest BCUT2D eigenvalue weighted by molar-refractivity contribution is 7.99. The molecule has 0 spiro atoms. The molecule has 2 N–H and O–H groups in total. The number of hydrogen-bond acceptors (Lipinski definition) is 4. The summed E-state index contributed by atoms with van der Waals surface area (Å²) in [6.45, 7) is 5.58. The number of aliphatic hydroxyl groups is 1. The van der Waals surface area contributed by atoms with Crippen LogP contribution in [0.3, 0.4) is 0 Å². The van der Waals surface area contributed by atoms with Crippen LogP contribution in [0.2, 0.25) is 0 Å². The number of rotatable bonds is 9. The standard InChI is InChI=1S/C17H25NO2S/c1-3-14-15-7-4-5-8-16(15)20-17(14)13(2)18-9-12-21-11-6-10-19/h4-5,7-8,13,18-19H,3,6,9-12H2,1-2H3. The van der Waals surface area contributed by atoms with Gasteiger partial charge in [-0.05, 0) is 31.6 Å². The summed E-state index contributed by atoms with van der Waals surface area (Å²) in [6, 6.07) is 8.49. The predicted octanol–water partition coefficient (Wildman–Crippen LogP) is 3.76. The average molecular weight is 307 g/mol. The van der Waals surface area contributed by atoms with E-state index in [9.17, 15) is 0 Å². The van der Waals surface area contributed by atoms with Gasteiger partial charge in [0.25, 0.3) is 0 Å². The van der Waals surface area contributed by atoms with E-state index < -0.39 is 0 Å². The first-order chi connectivity index (χ1) is 10.3. The fourth-order valence-electron chi connectivity index (χ4n) is 2.54. The molecule has 0 aliphatic heterocycles. The Balaban J connectivity index is 1.94. The summed E-state index contributed by atoms with van der Waals surface area (Å²) in [6.07, 6.45) is 1.87. The van der Waals surface area contributed by atoms with Gasteiger partial charge in [-0.15, -0.1) is 0 Å². The maximum absolute atomic E-state index is 8.75. The molecule has 4 heteroatoms. The predicted molar refractivity (Wildman–Crippen MR) is 91.0 cm³/mol. The van der Waals surface area contributed by atoms with Gasteiger partial charge in [-0.2, -0.15) is 11.8 Å². The average Bonchev–Trinajstić information content (AvgIpc) is 2.89. The van der Waals surface area contributed by atoms with Crippen molar-refractivity contribution in [2.45, 2.75) is 32.7 Å². The fourth-order valence-corrected chi connectivity index (χ4v) is 3.34. The van der Waals surface area contributed by atoms with Crippen LogP contribution >= 0.6 is 11.8 Å². The Morgan fingerprint density at radius 1 is 1.29 bits per heavy atom. The van der Waals surface area contributed by atoms with E-state index in [1.807, 2.05) is 23.9 Å². The molecule has 2 aromatic rings. The first-order valence-corrected chi connectivity index (χ1v) is 8.85. The molecule has 0 amide bonds. The fraction of sp³-hybridized carbons (Fsp3) is 0.529. The normalized spacial score (nSPS) is 12.9. The summed E-state index contributed by atoms with van der Waals surface area (Å²) in [7, 11) is 0. The lowest BCUT2D eigenvalue weighted by Crippen LogP contribution is -2.21. The third-order valence-corrected chi connectivity index (χ3v) is 4.69. The number of nitrogens with one attached hydrogen (secondary N) is 1. The Bertz CT molecular complexity index is 553. The maximum atomic E-state index is 8.75. The molecule has 2 rings (SSSR count). The third-order valence-electron chi connectivity index (χ3n) is 3.62. The van der Waals surface area contributed by atoms with E-state index in [1.165, 1.54) is 10.9 Å². The van der Waals surface area contributed by atoms with E-state index in [0.717, 1.165) is 42.2 Å². The molecule has 1 aromatic heterocycles. The highest BCUT2D eigenvalue weighted by atomic mass is 32.2. The Morgan fingerprint density at radius 3 is 2.86 bits per heavy atom. The number of furan rings is 1. The molecular weight excluding hydrogens is 282 g/mol. The number of thioether (sulfide) groups is 1. The Kier molecular flexibility index (Phi) is 6.61. The van der Waals surface area contributed by atoms with Crippen LogP contribution in [-0.4, -0.2) is 29.8 Å². The molecule has 0 saturated heterocycles. The van der Waals surface area contributed by atoms with Crippen molar-refractivity contribution in [2.24, 2.45) is 0 Å². The van der Waals surface area contributed by atoms with E-state index in [4.69, 9.17) is 9.52 Å². The van der Waals surface area contributed by atoms with Crippen LogP contribution in [0.4, 0.5) is 0 Å². The first kappa shape index (κ1) is 16.4. The highest BCUT2D eigenvalue weighted by Gasteiger charge is 2.17. The van der Waals surface area contributed by atoms with Gasteiger partial charge in [-0.1, -0.05) is 25.1 Å². The van der Waals surface area contributed by atoms with Crippen LogP contribution in [0.25, 0.3) is 11.0 Å². The van der Waals surface area contributed by atoms with Gasteiger partial charge in [-0.3, -0.25) is 0 Å². The van der Waals surface area contributed by atoms with Crippen LogP contribution in [0.5, 0.6) is 0 Å². The molecule has 0 aliphatic rings. The Hall–Kier alpha value is -0.970. The SMILES string of the molecule is CCc1c(C(C)NCCSCCCO)oc2ccccc12. The van der Waals surface area contributed by atoms with Crippen LogP contribution < -0.4 is 5.32 Å². The maximum Gasteiger partial charge on any atom is 0.134 e. The molecule has 1 atom stereocenters. The lowest BCUT2D eigenvalue weighted by atomic mass is 10.1. The number of benzene rings is 1. The van der Waals surface area contributed by atoms with E-state index in [0.29, 0.717) is 0 Å². The van der Waals surface area contributed by atoms with Crippen LogP contribution in [0.15, 0.2) is 28.7 Å². The van der Waals surface area contributed by atoms with E-state index >= 15 is 0 Å². The minimum atomic E-state index is 0.228. The minimum absolute atomic E-state index is 0.228. The zero-order chi connectivity index (χ0) is 15.1. The van der Waals surface area contributed by atoms with E-state index in [-0.39, 0.29) is 12.6 Å². The summed E-state index contributed by atoms with van der Waals surface area (Å²) in [5.41, 5.74) is 2.30. The Morgan fingerprint density at radius 2 is 2.10 bits per heavy atom. The molecular formula is C17H25NO2S. The summed E-state index contributed by atoms with van der Waals surface area (Å²) < 4.78 is 6.05. The van der Waals surface area contributed by atoms with Crippen molar-refractivity contribution < 1.29 is 9.52 Å². The van der Waals surface area contributed by atoms with E-state index in [2.05, 4.69) is 31.3 Å². The summed E-state index contributed by atoms with van der Waals surface area (Å²) >= 11 is 1.88. The van der Waals surface area contributed by atoms with Crippen molar-refractivity contribution in [3.63, 3.8) is 0 Å².